The first-order chi connectivity index (χ1) is 12.0. The molecule has 0 atom stereocenters. The van der Waals surface area contributed by atoms with Crippen molar-refractivity contribution in [2.75, 3.05) is 19.5 Å². The van der Waals surface area contributed by atoms with E-state index in [1.54, 1.807) is 36.4 Å². The van der Waals surface area contributed by atoms with Gasteiger partial charge in [0.2, 0.25) is 0 Å². The Morgan fingerprint density at radius 1 is 1.08 bits per heavy atom. The number of anilines is 1. The molecule has 8 heteroatoms. The molecule has 0 aliphatic carbocycles. The maximum atomic E-state index is 11.9. The Morgan fingerprint density at radius 2 is 1.84 bits per heavy atom. The van der Waals surface area contributed by atoms with E-state index in [2.05, 4.69) is 15.8 Å². The minimum atomic E-state index is -0.968. The third kappa shape index (κ3) is 4.71. The number of aromatic hydroxyl groups is 1. The van der Waals surface area contributed by atoms with Crippen LogP contribution in [0.4, 0.5) is 5.69 Å². The van der Waals surface area contributed by atoms with Crippen LogP contribution in [0.15, 0.2) is 47.6 Å². The molecule has 0 radical (unpaired) electrons. The fraction of sp³-hybridized carbons (Fsp3) is 0.118. The van der Waals surface area contributed by atoms with Crippen LogP contribution in [0.2, 0.25) is 0 Å². The highest BCUT2D eigenvalue weighted by atomic mass is 16.5. The van der Waals surface area contributed by atoms with Crippen LogP contribution >= 0.6 is 0 Å². The van der Waals surface area contributed by atoms with Crippen LogP contribution in [0.1, 0.15) is 5.56 Å². The van der Waals surface area contributed by atoms with Gasteiger partial charge in [-0.15, -0.1) is 0 Å². The van der Waals surface area contributed by atoms with E-state index in [1.165, 1.54) is 26.5 Å². The van der Waals surface area contributed by atoms with Gasteiger partial charge >= 0.3 is 11.8 Å². The van der Waals surface area contributed by atoms with E-state index < -0.39 is 11.8 Å². The van der Waals surface area contributed by atoms with Crippen molar-refractivity contribution in [1.29, 1.82) is 0 Å². The number of carbonyl (C=O) groups excluding carboxylic acids is 2. The van der Waals surface area contributed by atoms with Gasteiger partial charge in [0, 0.05) is 11.6 Å². The molecule has 0 aliphatic rings. The summed E-state index contributed by atoms with van der Waals surface area (Å²) in [5, 5.41) is 15.6. The van der Waals surface area contributed by atoms with Gasteiger partial charge in [0.05, 0.1) is 26.1 Å². The SMILES string of the molecule is COc1ccc(NC(=O)C(=O)N/N=C\c2ccccc2O)c(OC)c1. The molecule has 0 bridgehead atoms. The molecular formula is C17H17N3O5. The molecule has 25 heavy (non-hydrogen) atoms. The number of rotatable bonds is 5. The smallest absolute Gasteiger partial charge is 0.329 e. The van der Waals surface area contributed by atoms with Crippen LogP contribution in [0, 0.1) is 0 Å². The zero-order valence-corrected chi connectivity index (χ0v) is 13.6. The third-order valence-electron chi connectivity index (χ3n) is 3.17. The number of hydrogen-bond acceptors (Lipinski definition) is 6. The van der Waals surface area contributed by atoms with Gasteiger partial charge in [-0.2, -0.15) is 5.10 Å². The number of phenols is 1. The second-order valence-electron chi connectivity index (χ2n) is 4.78. The molecule has 0 unspecified atom stereocenters. The van der Waals surface area contributed by atoms with E-state index in [9.17, 15) is 14.7 Å². The number of para-hydroxylation sites is 1. The fourth-order valence-electron chi connectivity index (χ4n) is 1.89. The molecule has 2 aromatic rings. The topological polar surface area (TPSA) is 109 Å². The number of carbonyl (C=O) groups is 2. The van der Waals surface area contributed by atoms with Crippen molar-refractivity contribution in [2.24, 2.45) is 5.10 Å². The molecule has 0 aromatic heterocycles. The highest BCUT2D eigenvalue weighted by Crippen LogP contribution is 2.28. The molecular weight excluding hydrogens is 326 g/mol. The largest absolute Gasteiger partial charge is 0.507 e. The Balaban J connectivity index is 1.99. The quantitative estimate of drug-likeness (QED) is 0.433. The number of methoxy groups -OCH3 is 2. The van der Waals surface area contributed by atoms with E-state index >= 15 is 0 Å². The third-order valence-corrected chi connectivity index (χ3v) is 3.17. The first kappa shape index (κ1) is 17.8. The first-order valence-corrected chi connectivity index (χ1v) is 7.19. The van der Waals surface area contributed by atoms with Crippen molar-refractivity contribution in [3.63, 3.8) is 0 Å². The second-order valence-corrected chi connectivity index (χ2v) is 4.78. The molecule has 0 spiro atoms. The zero-order valence-electron chi connectivity index (χ0n) is 13.6. The summed E-state index contributed by atoms with van der Waals surface area (Å²) in [5.74, 6) is -0.986. The zero-order chi connectivity index (χ0) is 18.2. The van der Waals surface area contributed by atoms with Crippen LogP contribution in [-0.2, 0) is 9.59 Å². The number of hydrogen-bond donors (Lipinski definition) is 3. The standard InChI is InChI=1S/C17H17N3O5/c1-24-12-7-8-13(15(9-12)25-2)19-16(22)17(23)20-18-10-11-5-3-4-6-14(11)21/h3-10,21H,1-2H3,(H,19,22)(H,20,23)/b18-10-. The van der Waals surface area contributed by atoms with Gasteiger partial charge in [-0.05, 0) is 24.3 Å². The molecule has 2 aromatic carbocycles. The maximum Gasteiger partial charge on any atom is 0.329 e. The predicted octanol–water partition coefficient (Wildman–Crippen LogP) is 1.50. The lowest BCUT2D eigenvalue weighted by atomic mass is 10.2. The highest BCUT2D eigenvalue weighted by molar-refractivity contribution is 6.39. The lowest BCUT2D eigenvalue weighted by Gasteiger charge is -2.10. The molecule has 0 fully saturated rings. The van der Waals surface area contributed by atoms with Crippen LogP contribution < -0.4 is 20.2 Å². The van der Waals surface area contributed by atoms with E-state index in [-0.39, 0.29) is 5.75 Å². The summed E-state index contributed by atoms with van der Waals surface area (Å²) in [7, 11) is 2.93. The summed E-state index contributed by atoms with van der Waals surface area (Å²) in [6, 6.07) is 11.2. The minimum absolute atomic E-state index is 0.00733. The van der Waals surface area contributed by atoms with Gasteiger partial charge in [-0.3, -0.25) is 9.59 Å². The molecule has 8 nitrogen and oxygen atoms in total. The molecule has 2 rings (SSSR count). The first-order valence-electron chi connectivity index (χ1n) is 7.19. The Labute approximate surface area is 144 Å². The lowest BCUT2D eigenvalue weighted by Crippen LogP contribution is -2.32. The van der Waals surface area contributed by atoms with E-state index in [0.717, 1.165) is 0 Å². The van der Waals surface area contributed by atoms with Crippen molar-refractivity contribution in [3.05, 3.63) is 48.0 Å². The molecule has 3 N–H and O–H groups in total. The van der Waals surface area contributed by atoms with Crippen molar-refractivity contribution in [3.8, 4) is 17.2 Å². The Hall–Kier alpha value is -3.55. The number of hydrazone groups is 1. The monoisotopic (exact) mass is 343 g/mol. The van der Waals surface area contributed by atoms with Crippen molar-refractivity contribution >= 4 is 23.7 Å². The van der Waals surface area contributed by atoms with E-state index in [4.69, 9.17) is 9.47 Å². The maximum absolute atomic E-state index is 11.9. The molecule has 0 aliphatic heterocycles. The number of nitrogens with one attached hydrogen (secondary N) is 2. The summed E-state index contributed by atoms with van der Waals surface area (Å²) in [6.07, 6.45) is 1.23. The van der Waals surface area contributed by atoms with Crippen molar-refractivity contribution in [2.45, 2.75) is 0 Å². The van der Waals surface area contributed by atoms with Gasteiger partial charge in [0.15, 0.2) is 0 Å². The summed E-state index contributed by atoms with van der Waals surface area (Å²) < 4.78 is 10.2. The minimum Gasteiger partial charge on any atom is -0.507 e. The number of phenolic OH excluding ortho intramolecular Hbond substituents is 1. The van der Waals surface area contributed by atoms with Gasteiger partial charge in [-0.1, -0.05) is 12.1 Å². The Kier molecular flexibility index (Phi) is 5.94. The Morgan fingerprint density at radius 3 is 2.52 bits per heavy atom. The summed E-state index contributed by atoms with van der Waals surface area (Å²) in [6.45, 7) is 0. The summed E-state index contributed by atoms with van der Waals surface area (Å²) in [5.41, 5.74) is 2.80. The van der Waals surface area contributed by atoms with Crippen LogP contribution in [0.5, 0.6) is 17.2 Å². The molecule has 130 valence electrons. The van der Waals surface area contributed by atoms with Crippen molar-refractivity contribution in [1.82, 2.24) is 5.43 Å². The summed E-state index contributed by atoms with van der Waals surface area (Å²) in [4.78, 5) is 23.7. The molecule has 0 heterocycles. The predicted molar refractivity (Wildman–Crippen MR) is 92.0 cm³/mol. The number of ether oxygens (including phenoxy) is 2. The van der Waals surface area contributed by atoms with Crippen LogP contribution in [0.3, 0.4) is 0 Å². The molecule has 2 amide bonds. The highest BCUT2D eigenvalue weighted by Gasteiger charge is 2.15. The van der Waals surface area contributed by atoms with Crippen molar-refractivity contribution < 1.29 is 24.2 Å². The fourth-order valence-corrected chi connectivity index (χ4v) is 1.89. The average Bonchev–Trinajstić information content (AvgIpc) is 2.63. The lowest BCUT2D eigenvalue weighted by molar-refractivity contribution is -0.136. The normalized spacial score (nSPS) is 10.3. The average molecular weight is 343 g/mol. The van der Waals surface area contributed by atoms with E-state index in [0.29, 0.717) is 22.7 Å². The van der Waals surface area contributed by atoms with Gasteiger partial charge in [-0.25, -0.2) is 5.43 Å². The van der Waals surface area contributed by atoms with Crippen LogP contribution in [-0.4, -0.2) is 37.4 Å². The summed E-state index contributed by atoms with van der Waals surface area (Å²) >= 11 is 0. The van der Waals surface area contributed by atoms with Gasteiger partial charge < -0.3 is 19.9 Å². The molecule has 0 saturated carbocycles. The van der Waals surface area contributed by atoms with Crippen LogP contribution in [0.25, 0.3) is 0 Å². The Bertz CT molecular complexity index is 805. The second kappa shape index (κ2) is 8.34. The van der Waals surface area contributed by atoms with Gasteiger partial charge in [0.1, 0.15) is 17.2 Å². The van der Waals surface area contributed by atoms with E-state index in [1.807, 2.05) is 0 Å². The van der Waals surface area contributed by atoms with Gasteiger partial charge in [0.25, 0.3) is 0 Å². The molecule has 0 saturated heterocycles. The number of nitrogens with zero attached hydrogens (tertiary/aromatic N) is 1. The number of benzene rings is 2. The number of amides is 2.